The summed E-state index contributed by atoms with van der Waals surface area (Å²) in [5, 5.41) is 0.719. The fourth-order valence-electron chi connectivity index (χ4n) is 2.79. The number of likely N-dealkylation sites (tertiary alicyclic amines) is 1. The van der Waals surface area contributed by atoms with E-state index in [4.69, 9.17) is 11.6 Å². The molecule has 0 N–H and O–H groups in total. The van der Waals surface area contributed by atoms with E-state index in [1.165, 1.54) is 6.42 Å². The van der Waals surface area contributed by atoms with Crippen molar-refractivity contribution in [2.45, 2.75) is 39.0 Å². The molecular weight excluding hydrogens is 258 g/mol. The van der Waals surface area contributed by atoms with Gasteiger partial charge in [-0.15, -0.1) is 0 Å². The van der Waals surface area contributed by atoms with Gasteiger partial charge < -0.3 is 4.90 Å². The van der Waals surface area contributed by atoms with Gasteiger partial charge in [0.05, 0.1) is 5.92 Å². The number of halogens is 1. The van der Waals surface area contributed by atoms with E-state index in [-0.39, 0.29) is 11.8 Å². The van der Waals surface area contributed by atoms with Gasteiger partial charge in [-0.05, 0) is 42.9 Å². The zero-order valence-corrected chi connectivity index (χ0v) is 12.5. The summed E-state index contributed by atoms with van der Waals surface area (Å²) in [7, 11) is 0. The monoisotopic (exact) mass is 279 g/mol. The van der Waals surface area contributed by atoms with Crippen LogP contribution in [-0.4, -0.2) is 23.9 Å². The van der Waals surface area contributed by atoms with Crippen molar-refractivity contribution in [3.8, 4) is 0 Å². The first kappa shape index (κ1) is 14.4. The zero-order valence-electron chi connectivity index (χ0n) is 11.7. The number of rotatable bonds is 3. The van der Waals surface area contributed by atoms with Gasteiger partial charge >= 0.3 is 0 Å². The average molecular weight is 280 g/mol. The first-order valence-corrected chi connectivity index (χ1v) is 7.51. The molecule has 1 heterocycles. The van der Waals surface area contributed by atoms with Crippen molar-refractivity contribution >= 4 is 17.5 Å². The average Bonchev–Trinajstić information content (AvgIpc) is 2.42. The first-order chi connectivity index (χ1) is 9.09. The minimum Gasteiger partial charge on any atom is -0.342 e. The van der Waals surface area contributed by atoms with Gasteiger partial charge in [0, 0.05) is 18.1 Å². The van der Waals surface area contributed by atoms with Crippen molar-refractivity contribution in [2.75, 3.05) is 13.1 Å². The maximum atomic E-state index is 12.7. The number of carbonyl (C=O) groups excluding carboxylic acids is 1. The Labute approximate surface area is 120 Å². The molecule has 1 aromatic rings. The quantitative estimate of drug-likeness (QED) is 0.816. The van der Waals surface area contributed by atoms with Crippen LogP contribution in [0.1, 0.15) is 44.6 Å². The Bertz CT molecular complexity index is 421. The van der Waals surface area contributed by atoms with E-state index in [9.17, 15) is 4.79 Å². The highest BCUT2D eigenvalue weighted by atomic mass is 35.5. The van der Waals surface area contributed by atoms with Crippen LogP contribution >= 0.6 is 11.6 Å². The molecule has 0 bridgehead atoms. The summed E-state index contributed by atoms with van der Waals surface area (Å²) in [5.41, 5.74) is 1.08. The van der Waals surface area contributed by atoms with E-state index in [1.54, 1.807) is 0 Å². The van der Waals surface area contributed by atoms with E-state index in [1.807, 2.05) is 29.2 Å². The maximum absolute atomic E-state index is 12.7. The van der Waals surface area contributed by atoms with Crippen molar-refractivity contribution in [1.82, 2.24) is 4.90 Å². The fourth-order valence-corrected chi connectivity index (χ4v) is 2.92. The summed E-state index contributed by atoms with van der Waals surface area (Å²) >= 11 is 5.93. The van der Waals surface area contributed by atoms with E-state index in [0.29, 0.717) is 5.92 Å². The maximum Gasteiger partial charge on any atom is 0.230 e. The Balaban J connectivity index is 2.19. The second-order valence-electron chi connectivity index (χ2n) is 5.66. The van der Waals surface area contributed by atoms with Gasteiger partial charge in [-0.2, -0.15) is 0 Å². The molecule has 0 spiro atoms. The first-order valence-electron chi connectivity index (χ1n) is 7.14. The Morgan fingerprint density at radius 1 is 1.11 bits per heavy atom. The molecule has 104 valence electrons. The number of amides is 1. The zero-order chi connectivity index (χ0) is 13.8. The molecule has 0 unspecified atom stereocenters. The van der Waals surface area contributed by atoms with Gasteiger partial charge in [-0.3, -0.25) is 4.79 Å². The van der Waals surface area contributed by atoms with Gasteiger partial charge in [0.25, 0.3) is 0 Å². The van der Waals surface area contributed by atoms with Crippen LogP contribution in [0.2, 0.25) is 5.02 Å². The molecule has 2 nitrogen and oxygen atoms in total. The fraction of sp³-hybridized carbons (Fsp3) is 0.562. The van der Waals surface area contributed by atoms with Crippen LogP contribution in [0.5, 0.6) is 0 Å². The molecule has 0 saturated carbocycles. The third-order valence-corrected chi connectivity index (χ3v) is 4.08. The number of nitrogens with zero attached hydrogens (tertiary/aromatic N) is 1. The van der Waals surface area contributed by atoms with Crippen LogP contribution in [0.15, 0.2) is 24.3 Å². The molecule has 19 heavy (non-hydrogen) atoms. The molecule has 3 heteroatoms. The van der Waals surface area contributed by atoms with Crippen LogP contribution < -0.4 is 0 Å². The molecule has 0 aliphatic carbocycles. The number of benzene rings is 1. The van der Waals surface area contributed by atoms with Crippen LogP contribution in [0, 0.1) is 5.92 Å². The molecule has 2 rings (SSSR count). The molecular formula is C16H22ClNO. The lowest BCUT2D eigenvalue weighted by Crippen LogP contribution is -2.40. The van der Waals surface area contributed by atoms with Crippen molar-refractivity contribution in [2.24, 2.45) is 5.92 Å². The molecule has 0 aromatic heterocycles. The van der Waals surface area contributed by atoms with Crippen LogP contribution in [0.25, 0.3) is 0 Å². The highest BCUT2D eigenvalue weighted by Crippen LogP contribution is 2.28. The van der Waals surface area contributed by atoms with Gasteiger partial charge in [-0.25, -0.2) is 0 Å². The van der Waals surface area contributed by atoms with Crippen molar-refractivity contribution < 1.29 is 4.79 Å². The summed E-state index contributed by atoms with van der Waals surface area (Å²) in [6, 6.07) is 7.70. The second kappa shape index (κ2) is 6.42. The molecule has 1 fully saturated rings. The second-order valence-corrected chi connectivity index (χ2v) is 6.10. The number of piperidine rings is 1. The van der Waals surface area contributed by atoms with Crippen LogP contribution in [-0.2, 0) is 4.79 Å². The Kier molecular flexibility index (Phi) is 4.87. The van der Waals surface area contributed by atoms with E-state index >= 15 is 0 Å². The molecule has 1 atom stereocenters. The molecule has 1 aliphatic heterocycles. The normalized spacial score (nSPS) is 17.6. The Hall–Kier alpha value is -1.02. The number of hydrogen-bond acceptors (Lipinski definition) is 1. The standard InChI is InChI=1S/C16H22ClNO/c1-12(2)15(13-6-8-14(17)9-7-13)16(19)18-10-4-3-5-11-18/h6-9,12,15H,3-5,10-11H2,1-2H3/t15-/m0/s1. The summed E-state index contributed by atoms with van der Waals surface area (Å²) in [6.45, 7) is 6.05. The minimum absolute atomic E-state index is 0.0460. The lowest BCUT2D eigenvalue weighted by Gasteiger charge is -2.32. The predicted octanol–water partition coefficient (Wildman–Crippen LogP) is 4.09. The smallest absolute Gasteiger partial charge is 0.230 e. The summed E-state index contributed by atoms with van der Waals surface area (Å²) < 4.78 is 0. The van der Waals surface area contributed by atoms with Gasteiger partial charge in [-0.1, -0.05) is 37.6 Å². The lowest BCUT2D eigenvalue weighted by atomic mass is 9.86. The number of hydrogen-bond donors (Lipinski definition) is 0. The topological polar surface area (TPSA) is 20.3 Å². The van der Waals surface area contributed by atoms with Crippen LogP contribution in [0.3, 0.4) is 0 Å². The van der Waals surface area contributed by atoms with Gasteiger partial charge in [0.15, 0.2) is 0 Å². The molecule has 0 radical (unpaired) electrons. The van der Waals surface area contributed by atoms with Crippen LogP contribution in [0.4, 0.5) is 0 Å². The minimum atomic E-state index is -0.0460. The Morgan fingerprint density at radius 2 is 1.68 bits per heavy atom. The van der Waals surface area contributed by atoms with Crippen molar-refractivity contribution in [3.05, 3.63) is 34.9 Å². The van der Waals surface area contributed by atoms with E-state index in [2.05, 4.69) is 13.8 Å². The molecule has 1 aromatic carbocycles. The third-order valence-electron chi connectivity index (χ3n) is 3.83. The molecule has 1 saturated heterocycles. The summed E-state index contributed by atoms with van der Waals surface area (Å²) in [6.07, 6.45) is 3.52. The van der Waals surface area contributed by atoms with Gasteiger partial charge in [0.1, 0.15) is 0 Å². The summed E-state index contributed by atoms with van der Waals surface area (Å²) in [5.74, 6) is 0.531. The highest BCUT2D eigenvalue weighted by molar-refractivity contribution is 6.30. The predicted molar refractivity (Wildman–Crippen MR) is 79.5 cm³/mol. The molecule has 1 amide bonds. The van der Waals surface area contributed by atoms with Crippen molar-refractivity contribution in [1.29, 1.82) is 0 Å². The van der Waals surface area contributed by atoms with E-state index < -0.39 is 0 Å². The molecule has 1 aliphatic rings. The lowest BCUT2D eigenvalue weighted by molar-refractivity contribution is -0.134. The Morgan fingerprint density at radius 3 is 2.21 bits per heavy atom. The van der Waals surface area contributed by atoms with Gasteiger partial charge in [0.2, 0.25) is 5.91 Å². The van der Waals surface area contributed by atoms with Crippen molar-refractivity contribution in [3.63, 3.8) is 0 Å². The third kappa shape index (κ3) is 3.50. The summed E-state index contributed by atoms with van der Waals surface area (Å²) in [4.78, 5) is 14.7. The SMILES string of the molecule is CC(C)[C@H](C(=O)N1CCCCC1)c1ccc(Cl)cc1. The number of carbonyl (C=O) groups is 1. The largest absolute Gasteiger partial charge is 0.342 e. The van der Waals surface area contributed by atoms with E-state index in [0.717, 1.165) is 36.5 Å². The highest BCUT2D eigenvalue weighted by Gasteiger charge is 2.29.